The molecule has 0 spiro atoms. The van der Waals surface area contributed by atoms with Crippen LogP contribution in [0, 0.1) is 5.92 Å². The molecular formula is C13H11N3O4. The predicted octanol–water partition coefficient (Wildman–Crippen LogP) is -0.0115. The lowest BCUT2D eigenvalue weighted by atomic mass is 10.1. The molecule has 0 aromatic heterocycles. The quantitative estimate of drug-likeness (QED) is 0.766. The molecular weight excluding hydrogens is 262 g/mol. The van der Waals surface area contributed by atoms with Gasteiger partial charge in [0.15, 0.2) is 0 Å². The summed E-state index contributed by atoms with van der Waals surface area (Å²) >= 11 is 0. The van der Waals surface area contributed by atoms with E-state index in [-0.39, 0.29) is 17.7 Å². The molecule has 0 bridgehead atoms. The Balaban J connectivity index is 1.76. The number of hydrogen-bond acceptors (Lipinski definition) is 6. The van der Waals surface area contributed by atoms with Crippen molar-refractivity contribution in [2.75, 3.05) is 13.1 Å². The van der Waals surface area contributed by atoms with Crippen LogP contribution in [-0.2, 0) is 9.63 Å². The molecule has 0 saturated carbocycles. The molecule has 2 aliphatic rings. The van der Waals surface area contributed by atoms with Gasteiger partial charge in [0.05, 0.1) is 29.9 Å². The number of carbonyl (C=O) groups is 3. The minimum atomic E-state index is -0.649. The first kappa shape index (κ1) is 12.3. The van der Waals surface area contributed by atoms with Crippen molar-refractivity contribution < 1.29 is 19.2 Å². The summed E-state index contributed by atoms with van der Waals surface area (Å²) in [5.41, 5.74) is 0.482. The molecule has 2 aliphatic heterocycles. The van der Waals surface area contributed by atoms with Gasteiger partial charge in [-0.15, -0.1) is 0 Å². The molecule has 1 aromatic rings. The molecule has 7 nitrogen and oxygen atoms in total. The van der Waals surface area contributed by atoms with Gasteiger partial charge in [-0.1, -0.05) is 17.2 Å². The lowest BCUT2D eigenvalue weighted by Gasteiger charge is -2.19. The van der Waals surface area contributed by atoms with E-state index >= 15 is 0 Å². The van der Waals surface area contributed by atoms with Crippen LogP contribution >= 0.6 is 0 Å². The largest absolute Gasteiger partial charge is 0.375 e. The third-order valence-electron chi connectivity index (χ3n) is 3.14. The van der Waals surface area contributed by atoms with Gasteiger partial charge in [0, 0.05) is 6.54 Å². The lowest BCUT2D eigenvalue weighted by Crippen LogP contribution is -2.40. The first-order chi connectivity index (χ1) is 9.68. The van der Waals surface area contributed by atoms with Crippen LogP contribution in [0.3, 0.4) is 0 Å². The number of amides is 2. The number of hydrogen-bond donors (Lipinski definition) is 1. The fraction of sp³-hybridized carbons (Fsp3) is 0.231. The summed E-state index contributed by atoms with van der Waals surface area (Å²) in [5.74, 6) is -2.40. The Morgan fingerprint density at radius 1 is 1.25 bits per heavy atom. The zero-order valence-corrected chi connectivity index (χ0v) is 10.4. The highest BCUT2D eigenvalue weighted by atomic mass is 16.7. The van der Waals surface area contributed by atoms with E-state index in [1.54, 1.807) is 12.1 Å². The number of carbonyl (C=O) groups excluding carboxylic acids is 3. The minimum absolute atomic E-state index is 0.241. The van der Waals surface area contributed by atoms with Crippen LogP contribution in [0.5, 0.6) is 0 Å². The van der Waals surface area contributed by atoms with Gasteiger partial charge in [-0.3, -0.25) is 14.6 Å². The number of fused-ring (bicyclic) bond motifs is 1. The summed E-state index contributed by atoms with van der Waals surface area (Å²) in [5, 5.41) is 3.32. The van der Waals surface area contributed by atoms with Gasteiger partial charge in [-0.05, 0) is 12.1 Å². The van der Waals surface area contributed by atoms with Gasteiger partial charge in [0.1, 0.15) is 0 Å². The van der Waals surface area contributed by atoms with Gasteiger partial charge < -0.3 is 10.2 Å². The van der Waals surface area contributed by atoms with Crippen molar-refractivity contribution in [1.29, 1.82) is 0 Å². The molecule has 1 aromatic carbocycles. The van der Waals surface area contributed by atoms with E-state index in [0.717, 1.165) is 0 Å². The first-order valence-electron chi connectivity index (χ1n) is 6.10. The Kier molecular flexibility index (Phi) is 2.94. The van der Waals surface area contributed by atoms with E-state index in [9.17, 15) is 14.4 Å². The van der Waals surface area contributed by atoms with Crippen LogP contribution in [-0.4, -0.2) is 42.3 Å². The van der Waals surface area contributed by atoms with Gasteiger partial charge in [0.25, 0.3) is 11.8 Å². The lowest BCUT2D eigenvalue weighted by molar-refractivity contribution is -0.173. The summed E-state index contributed by atoms with van der Waals surface area (Å²) in [6.45, 7) is 0.639. The molecule has 7 heteroatoms. The Morgan fingerprint density at radius 2 is 1.90 bits per heavy atom. The first-order valence-corrected chi connectivity index (χ1v) is 6.10. The van der Waals surface area contributed by atoms with Crippen molar-refractivity contribution in [2.24, 2.45) is 10.9 Å². The van der Waals surface area contributed by atoms with Crippen molar-refractivity contribution >= 4 is 24.1 Å². The number of imide groups is 1. The number of rotatable bonds is 2. The maximum absolute atomic E-state index is 12.0. The average Bonchev–Trinajstić information content (AvgIpc) is 2.74. The molecule has 20 heavy (non-hydrogen) atoms. The Bertz CT molecular complexity index is 591. The maximum Gasteiger partial charge on any atom is 0.339 e. The van der Waals surface area contributed by atoms with Gasteiger partial charge in [0.2, 0.25) is 0 Å². The number of nitrogens with one attached hydrogen (secondary N) is 1. The highest BCUT2D eigenvalue weighted by molar-refractivity contribution is 6.20. The van der Waals surface area contributed by atoms with E-state index in [1.807, 2.05) is 0 Å². The summed E-state index contributed by atoms with van der Waals surface area (Å²) in [6, 6.07) is 6.34. The van der Waals surface area contributed by atoms with E-state index in [2.05, 4.69) is 10.3 Å². The van der Waals surface area contributed by atoms with Crippen molar-refractivity contribution in [1.82, 2.24) is 10.4 Å². The molecule has 0 fully saturated rings. The highest BCUT2D eigenvalue weighted by Crippen LogP contribution is 2.23. The molecule has 0 aliphatic carbocycles. The fourth-order valence-electron chi connectivity index (χ4n) is 2.08. The third kappa shape index (κ3) is 1.93. The summed E-state index contributed by atoms with van der Waals surface area (Å²) < 4.78 is 0. The van der Waals surface area contributed by atoms with Crippen LogP contribution in [0.4, 0.5) is 0 Å². The van der Waals surface area contributed by atoms with E-state index < -0.39 is 23.7 Å². The van der Waals surface area contributed by atoms with Gasteiger partial charge in [-0.25, -0.2) is 4.79 Å². The van der Waals surface area contributed by atoms with Gasteiger partial charge in [-0.2, -0.15) is 0 Å². The zero-order chi connectivity index (χ0) is 14.1. The van der Waals surface area contributed by atoms with E-state index in [1.165, 1.54) is 18.5 Å². The number of benzene rings is 1. The molecule has 3 rings (SSSR count). The second kappa shape index (κ2) is 4.76. The summed E-state index contributed by atoms with van der Waals surface area (Å²) in [4.78, 5) is 44.8. The SMILES string of the molecule is O=C(ON1C(=O)c2ccccc2C1=O)C1CN=CNC1. The van der Waals surface area contributed by atoms with Crippen LogP contribution < -0.4 is 5.32 Å². The number of nitrogens with zero attached hydrogens (tertiary/aromatic N) is 2. The Hall–Kier alpha value is -2.70. The van der Waals surface area contributed by atoms with Crippen molar-refractivity contribution in [3.63, 3.8) is 0 Å². The van der Waals surface area contributed by atoms with Crippen LogP contribution in [0.25, 0.3) is 0 Å². The topological polar surface area (TPSA) is 88.1 Å². The van der Waals surface area contributed by atoms with Crippen LogP contribution in [0.2, 0.25) is 0 Å². The number of aliphatic imine (C=N–C) groups is 1. The van der Waals surface area contributed by atoms with Crippen molar-refractivity contribution in [2.45, 2.75) is 0 Å². The van der Waals surface area contributed by atoms with Crippen LogP contribution in [0.1, 0.15) is 20.7 Å². The molecule has 0 saturated heterocycles. The summed E-state index contributed by atoms with van der Waals surface area (Å²) in [6.07, 6.45) is 1.51. The van der Waals surface area contributed by atoms with E-state index in [4.69, 9.17) is 4.84 Å². The highest BCUT2D eigenvalue weighted by Gasteiger charge is 2.39. The molecule has 1 N–H and O–H groups in total. The second-order valence-electron chi connectivity index (χ2n) is 4.46. The predicted molar refractivity (Wildman–Crippen MR) is 67.9 cm³/mol. The smallest absolute Gasteiger partial charge is 0.339 e. The average molecular weight is 273 g/mol. The fourth-order valence-corrected chi connectivity index (χ4v) is 2.08. The number of hydroxylamine groups is 2. The standard InChI is InChI=1S/C13H11N3O4/c17-11-9-3-1-2-4-10(9)12(18)16(11)20-13(19)8-5-14-7-15-6-8/h1-4,7-8H,5-6H2,(H,14,15). The molecule has 2 heterocycles. The monoisotopic (exact) mass is 273 g/mol. The summed E-state index contributed by atoms with van der Waals surface area (Å²) in [7, 11) is 0. The van der Waals surface area contributed by atoms with Crippen molar-refractivity contribution in [3.8, 4) is 0 Å². The molecule has 1 unspecified atom stereocenters. The molecule has 102 valence electrons. The Labute approximate surface area is 114 Å². The third-order valence-corrected chi connectivity index (χ3v) is 3.14. The molecule has 1 atom stereocenters. The zero-order valence-electron chi connectivity index (χ0n) is 10.4. The van der Waals surface area contributed by atoms with Crippen molar-refractivity contribution in [3.05, 3.63) is 35.4 Å². The molecule has 0 radical (unpaired) electrons. The van der Waals surface area contributed by atoms with E-state index in [0.29, 0.717) is 11.6 Å². The van der Waals surface area contributed by atoms with Crippen LogP contribution in [0.15, 0.2) is 29.3 Å². The second-order valence-corrected chi connectivity index (χ2v) is 4.46. The normalized spacial score (nSPS) is 20.6. The maximum atomic E-state index is 12.0. The van der Waals surface area contributed by atoms with Gasteiger partial charge >= 0.3 is 5.97 Å². The Morgan fingerprint density at radius 3 is 2.45 bits per heavy atom. The minimum Gasteiger partial charge on any atom is -0.375 e. The molecule has 2 amide bonds.